The van der Waals surface area contributed by atoms with Crippen LogP contribution in [0.3, 0.4) is 0 Å². The standard InChI is InChI=1S/C12H18ClFN2/c1-3-9(6-15)7-16-12-5-11(14)8(2)4-10(12)13/h4-5,9,16H,3,6-7,15H2,1-2H3. The molecule has 1 aromatic carbocycles. The van der Waals surface area contributed by atoms with Crippen LogP contribution in [0.4, 0.5) is 10.1 Å². The van der Waals surface area contributed by atoms with Crippen molar-refractivity contribution in [1.29, 1.82) is 0 Å². The molecule has 0 aliphatic rings. The molecule has 0 heterocycles. The van der Waals surface area contributed by atoms with Crippen molar-refractivity contribution in [3.05, 3.63) is 28.5 Å². The first-order valence-corrected chi connectivity index (χ1v) is 5.85. The largest absolute Gasteiger partial charge is 0.383 e. The van der Waals surface area contributed by atoms with E-state index in [2.05, 4.69) is 12.2 Å². The summed E-state index contributed by atoms with van der Waals surface area (Å²) in [5.41, 5.74) is 6.79. The van der Waals surface area contributed by atoms with Crippen molar-refractivity contribution in [2.24, 2.45) is 11.7 Å². The molecule has 0 fully saturated rings. The summed E-state index contributed by atoms with van der Waals surface area (Å²) in [6.07, 6.45) is 0.995. The van der Waals surface area contributed by atoms with Crippen LogP contribution in [-0.4, -0.2) is 13.1 Å². The molecule has 0 aliphatic carbocycles. The van der Waals surface area contributed by atoms with Gasteiger partial charge in [-0.2, -0.15) is 0 Å². The Kier molecular flexibility index (Phi) is 5.03. The zero-order valence-electron chi connectivity index (χ0n) is 9.69. The molecule has 16 heavy (non-hydrogen) atoms. The maximum absolute atomic E-state index is 13.3. The second kappa shape index (κ2) is 6.06. The third-order valence-electron chi connectivity index (χ3n) is 2.74. The molecular weight excluding hydrogens is 227 g/mol. The summed E-state index contributed by atoms with van der Waals surface area (Å²) in [5.74, 6) is 0.146. The zero-order valence-corrected chi connectivity index (χ0v) is 10.4. The molecule has 0 amide bonds. The first-order valence-electron chi connectivity index (χ1n) is 5.48. The third kappa shape index (κ3) is 3.35. The van der Waals surface area contributed by atoms with E-state index >= 15 is 0 Å². The quantitative estimate of drug-likeness (QED) is 0.835. The third-order valence-corrected chi connectivity index (χ3v) is 3.05. The van der Waals surface area contributed by atoms with E-state index in [0.717, 1.165) is 13.0 Å². The SMILES string of the molecule is CCC(CN)CNc1cc(F)c(C)cc1Cl. The number of rotatable bonds is 5. The molecule has 0 saturated heterocycles. The average Bonchev–Trinajstić information content (AvgIpc) is 2.26. The van der Waals surface area contributed by atoms with E-state index in [4.69, 9.17) is 17.3 Å². The van der Waals surface area contributed by atoms with E-state index in [1.165, 1.54) is 6.07 Å². The fourth-order valence-corrected chi connectivity index (χ4v) is 1.72. The Bertz CT molecular complexity index is 351. The normalized spacial score (nSPS) is 12.6. The van der Waals surface area contributed by atoms with Gasteiger partial charge in [0.1, 0.15) is 5.82 Å². The van der Waals surface area contributed by atoms with Crippen LogP contribution in [0.5, 0.6) is 0 Å². The summed E-state index contributed by atoms with van der Waals surface area (Å²) in [6.45, 7) is 5.11. The minimum absolute atomic E-state index is 0.243. The molecule has 2 nitrogen and oxygen atoms in total. The Balaban J connectivity index is 2.70. The van der Waals surface area contributed by atoms with Crippen LogP contribution in [0.15, 0.2) is 12.1 Å². The van der Waals surface area contributed by atoms with Gasteiger partial charge in [0.25, 0.3) is 0 Å². The molecule has 1 aromatic rings. The van der Waals surface area contributed by atoms with Crippen LogP contribution in [0.25, 0.3) is 0 Å². The number of aryl methyl sites for hydroxylation is 1. The van der Waals surface area contributed by atoms with E-state index in [0.29, 0.717) is 28.7 Å². The lowest BCUT2D eigenvalue weighted by atomic mass is 10.1. The van der Waals surface area contributed by atoms with Crippen LogP contribution in [0.2, 0.25) is 5.02 Å². The van der Waals surface area contributed by atoms with Gasteiger partial charge < -0.3 is 11.1 Å². The van der Waals surface area contributed by atoms with Gasteiger partial charge in [0.05, 0.1) is 10.7 Å². The molecule has 0 radical (unpaired) electrons. The number of hydrogen-bond acceptors (Lipinski definition) is 2. The number of hydrogen-bond donors (Lipinski definition) is 2. The molecule has 1 atom stereocenters. The predicted octanol–water partition coefficient (Wildman–Crippen LogP) is 3.18. The molecule has 4 heteroatoms. The van der Waals surface area contributed by atoms with E-state index in [1.807, 2.05) is 0 Å². The summed E-state index contributed by atoms with van der Waals surface area (Å²) >= 11 is 6.01. The van der Waals surface area contributed by atoms with Gasteiger partial charge in [-0.1, -0.05) is 24.9 Å². The minimum Gasteiger partial charge on any atom is -0.383 e. The summed E-state index contributed by atoms with van der Waals surface area (Å²) in [7, 11) is 0. The average molecular weight is 245 g/mol. The topological polar surface area (TPSA) is 38.0 Å². The van der Waals surface area contributed by atoms with Crippen molar-refractivity contribution in [3.63, 3.8) is 0 Å². The van der Waals surface area contributed by atoms with Crippen molar-refractivity contribution in [3.8, 4) is 0 Å². The van der Waals surface area contributed by atoms with E-state index in [1.54, 1.807) is 13.0 Å². The lowest BCUT2D eigenvalue weighted by Gasteiger charge is -2.15. The van der Waals surface area contributed by atoms with Crippen molar-refractivity contribution in [1.82, 2.24) is 0 Å². The van der Waals surface area contributed by atoms with Crippen molar-refractivity contribution >= 4 is 17.3 Å². The molecule has 3 N–H and O–H groups in total. The fourth-order valence-electron chi connectivity index (χ4n) is 1.43. The maximum Gasteiger partial charge on any atom is 0.128 e. The number of nitrogens with two attached hydrogens (primary N) is 1. The molecule has 0 aliphatic heterocycles. The van der Waals surface area contributed by atoms with Gasteiger partial charge in [-0.15, -0.1) is 0 Å². The molecule has 0 aromatic heterocycles. The number of benzene rings is 1. The first kappa shape index (κ1) is 13.3. The van der Waals surface area contributed by atoms with Crippen LogP contribution in [0, 0.1) is 18.7 Å². The molecule has 0 saturated carbocycles. The molecule has 0 bridgehead atoms. The minimum atomic E-state index is -0.243. The van der Waals surface area contributed by atoms with Gasteiger partial charge in [-0.05, 0) is 37.1 Å². The summed E-state index contributed by atoms with van der Waals surface area (Å²) in [6, 6.07) is 3.06. The van der Waals surface area contributed by atoms with Gasteiger partial charge in [0, 0.05) is 6.54 Å². The monoisotopic (exact) mass is 244 g/mol. The highest BCUT2D eigenvalue weighted by molar-refractivity contribution is 6.33. The zero-order chi connectivity index (χ0) is 12.1. The molecule has 0 spiro atoms. The molecule has 90 valence electrons. The van der Waals surface area contributed by atoms with Gasteiger partial charge in [0.15, 0.2) is 0 Å². The van der Waals surface area contributed by atoms with Gasteiger partial charge in [0.2, 0.25) is 0 Å². The molecule has 1 rings (SSSR count). The lowest BCUT2D eigenvalue weighted by Crippen LogP contribution is -2.22. The van der Waals surface area contributed by atoms with Gasteiger partial charge in [-0.3, -0.25) is 0 Å². The van der Waals surface area contributed by atoms with Crippen molar-refractivity contribution < 1.29 is 4.39 Å². The van der Waals surface area contributed by atoms with Crippen molar-refractivity contribution in [2.45, 2.75) is 20.3 Å². The predicted molar refractivity (Wildman–Crippen MR) is 67.5 cm³/mol. The van der Waals surface area contributed by atoms with Crippen LogP contribution >= 0.6 is 11.6 Å². The van der Waals surface area contributed by atoms with Gasteiger partial charge >= 0.3 is 0 Å². The number of nitrogens with one attached hydrogen (secondary N) is 1. The van der Waals surface area contributed by atoms with Crippen LogP contribution < -0.4 is 11.1 Å². The van der Waals surface area contributed by atoms with Crippen molar-refractivity contribution in [2.75, 3.05) is 18.4 Å². The smallest absolute Gasteiger partial charge is 0.128 e. The number of anilines is 1. The van der Waals surface area contributed by atoms with Gasteiger partial charge in [-0.25, -0.2) is 4.39 Å². The van der Waals surface area contributed by atoms with Crippen LogP contribution in [-0.2, 0) is 0 Å². The Hall–Kier alpha value is -0.800. The first-order chi connectivity index (χ1) is 7.58. The highest BCUT2D eigenvalue weighted by atomic mass is 35.5. The summed E-state index contributed by atoms with van der Waals surface area (Å²) in [5, 5.41) is 3.68. The van der Waals surface area contributed by atoms with E-state index < -0.39 is 0 Å². The fraction of sp³-hybridized carbons (Fsp3) is 0.500. The molecule has 1 unspecified atom stereocenters. The Morgan fingerprint density at radius 2 is 2.19 bits per heavy atom. The Morgan fingerprint density at radius 1 is 1.50 bits per heavy atom. The van der Waals surface area contributed by atoms with Crippen LogP contribution in [0.1, 0.15) is 18.9 Å². The van der Waals surface area contributed by atoms with E-state index in [-0.39, 0.29) is 5.82 Å². The maximum atomic E-state index is 13.3. The molecular formula is C12H18ClFN2. The highest BCUT2D eigenvalue weighted by Crippen LogP contribution is 2.25. The number of halogens is 2. The summed E-state index contributed by atoms with van der Waals surface area (Å²) < 4.78 is 13.3. The second-order valence-electron chi connectivity index (χ2n) is 3.97. The van der Waals surface area contributed by atoms with E-state index in [9.17, 15) is 4.39 Å². The lowest BCUT2D eigenvalue weighted by molar-refractivity contribution is 0.548. The Labute approximate surface area is 101 Å². The second-order valence-corrected chi connectivity index (χ2v) is 4.38. The highest BCUT2D eigenvalue weighted by Gasteiger charge is 2.08. The summed E-state index contributed by atoms with van der Waals surface area (Å²) in [4.78, 5) is 0. The Morgan fingerprint density at radius 3 is 2.75 bits per heavy atom.